The summed E-state index contributed by atoms with van der Waals surface area (Å²) in [5.74, 6) is 1.06. The Hall–Kier alpha value is -3.03. The van der Waals surface area contributed by atoms with Crippen LogP contribution in [0.4, 0.5) is 14.5 Å². The SMILES string of the molecule is CCOc1cccc(CN=C(N)Nc2ccc(OC)cc2)c1OC(F)F. The standard InChI is InChI=1S/C18H21F2N3O3/c1-3-25-15-6-4-5-12(16(15)26-17(19)20)11-22-18(21)23-13-7-9-14(24-2)10-8-13/h4-10,17H,3,11H2,1-2H3,(H3,21,22,23). The van der Waals surface area contributed by atoms with Gasteiger partial charge in [0.25, 0.3) is 0 Å². The number of rotatable bonds is 8. The van der Waals surface area contributed by atoms with Gasteiger partial charge in [-0.3, -0.25) is 0 Å². The third kappa shape index (κ3) is 5.51. The summed E-state index contributed by atoms with van der Waals surface area (Å²) in [6, 6.07) is 12.0. The molecule has 0 amide bonds. The maximum atomic E-state index is 12.7. The van der Waals surface area contributed by atoms with Gasteiger partial charge < -0.3 is 25.3 Å². The van der Waals surface area contributed by atoms with Crippen LogP contribution < -0.4 is 25.3 Å². The van der Waals surface area contributed by atoms with Gasteiger partial charge in [-0.2, -0.15) is 8.78 Å². The van der Waals surface area contributed by atoms with E-state index in [4.69, 9.17) is 15.2 Å². The maximum Gasteiger partial charge on any atom is 0.387 e. The fourth-order valence-corrected chi connectivity index (χ4v) is 2.21. The number of guanidine groups is 1. The number of halogens is 2. The highest BCUT2D eigenvalue weighted by Gasteiger charge is 2.15. The Kier molecular flexibility index (Phi) is 7.02. The Balaban J connectivity index is 2.12. The van der Waals surface area contributed by atoms with E-state index in [0.29, 0.717) is 17.9 Å². The number of alkyl halides is 2. The Bertz CT molecular complexity index is 737. The number of methoxy groups -OCH3 is 1. The Labute approximate surface area is 150 Å². The van der Waals surface area contributed by atoms with Crippen molar-refractivity contribution < 1.29 is 23.0 Å². The van der Waals surface area contributed by atoms with Gasteiger partial charge in [0, 0.05) is 11.3 Å². The number of ether oxygens (including phenoxy) is 3. The van der Waals surface area contributed by atoms with Gasteiger partial charge in [0.2, 0.25) is 0 Å². The van der Waals surface area contributed by atoms with E-state index in [1.54, 1.807) is 56.5 Å². The third-order valence-electron chi connectivity index (χ3n) is 3.35. The highest BCUT2D eigenvalue weighted by molar-refractivity contribution is 5.92. The summed E-state index contributed by atoms with van der Waals surface area (Å²) in [6.07, 6.45) is 0. The van der Waals surface area contributed by atoms with E-state index in [0.717, 1.165) is 5.69 Å². The van der Waals surface area contributed by atoms with E-state index >= 15 is 0 Å². The number of hydrogen-bond acceptors (Lipinski definition) is 4. The first-order valence-electron chi connectivity index (χ1n) is 7.94. The summed E-state index contributed by atoms with van der Waals surface area (Å²) >= 11 is 0. The molecule has 8 heteroatoms. The maximum absolute atomic E-state index is 12.7. The van der Waals surface area contributed by atoms with Gasteiger partial charge in [0.1, 0.15) is 5.75 Å². The summed E-state index contributed by atoms with van der Waals surface area (Å²) in [4.78, 5) is 4.17. The van der Waals surface area contributed by atoms with E-state index in [2.05, 4.69) is 15.0 Å². The number of aliphatic imine (C=N–C) groups is 1. The van der Waals surface area contributed by atoms with Crippen molar-refractivity contribution in [2.45, 2.75) is 20.1 Å². The molecule has 0 aliphatic rings. The van der Waals surface area contributed by atoms with Crippen LogP contribution in [0.3, 0.4) is 0 Å². The quantitative estimate of drug-likeness (QED) is 0.552. The molecule has 3 N–H and O–H groups in total. The average molecular weight is 365 g/mol. The molecule has 0 fully saturated rings. The summed E-state index contributed by atoms with van der Waals surface area (Å²) in [6.45, 7) is -0.826. The van der Waals surface area contributed by atoms with Crippen molar-refractivity contribution in [2.24, 2.45) is 10.7 Å². The molecule has 0 aliphatic carbocycles. The van der Waals surface area contributed by atoms with E-state index in [1.807, 2.05) is 0 Å². The van der Waals surface area contributed by atoms with Gasteiger partial charge in [-0.25, -0.2) is 4.99 Å². The molecule has 6 nitrogen and oxygen atoms in total. The van der Waals surface area contributed by atoms with Gasteiger partial charge in [-0.05, 0) is 37.3 Å². The predicted octanol–water partition coefficient (Wildman–Crippen LogP) is 3.62. The molecule has 0 unspecified atom stereocenters. The zero-order valence-corrected chi connectivity index (χ0v) is 14.5. The second kappa shape index (κ2) is 9.45. The Morgan fingerprint density at radius 1 is 1.19 bits per heavy atom. The third-order valence-corrected chi connectivity index (χ3v) is 3.35. The van der Waals surface area contributed by atoms with Crippen molar-refractivity contribution in [3.63, 3.8) is 0 Å². The molecule has 26 heavy (non-hydrogen) atoms. The molecule has 0 bridgehead atoms. The van der Waals surface area contributed by atoms with Crippen LogP contribution in [0.5, 0.6) is 17.2 Å². The van der Waals surface area contributed by atoms with E-state index in [1.165, 1.54) is 0 Å². The number of nitrogens with two attached hydrogens (primary N) is 1. The van der Waals surface area contributed by atoms with E-state index in [-0.39, 0.29) is 24.0 Å². The predicted molar refractivity (Wildman–Crippen MR) is 96.2 cm³/mol. The van der Waals surface area contributed by atoms with Gasteiger partial charge in [-0.15, -0.1) is 0 Å². The molecule has 140 valence electrons. The van der Waals surface area contributed by atoms with Gasteiger partial charge in [0.15, 0.2) is 17.5 Å². The smallest absolute Gasteiger partial charge is 0.387 e. The highest BCUT2D eigenvalue weighted by Crippen LogP contribution is 2.33. The van der Waals surface area contributed by atoms with Crippen molar-refractivity contribution in [1.29, 1.82) is 0 Å². The van der Waals surface area contributed by atoms with Crippen LogP contribution in [0.2, 0.25) is 0 Å². The molecular formula is C18H21F2N3O3. The molecule has 2 aromatic rings. The molecule has 0 radical (unpaired) electrons. The minimum atomic E-state index is -2.96. The summed E-state index contributed by atoms with van der Waals surface area (Å²) in [5.41, 5.74) is 7.02. The molecule has 2 aromatic carbocycles. The first-order chi connectivity index (χ1) is 12.5. The lowest BCUT2D eigenvalue weighted by Gasteiger charge is -2.14. The van der Waals surface area contributed by atoms with Crippen LogP contribution in [-0.4, -0.2) is 26.3 Å². The summed E-state index contributed by atoms with van der Waals surface area (Å²) in [7, 11) is 1.58. The van der Waals surface area contributed by atoms with Gasteiger partial charge in [0.05, 0.1) is 20.3 Å². The molecule has 0 aliphatic heterocycles. The molecule has 0 spiro atoms. The summed E-state index contributed by atoms with van der Waals surface area (Å²) in [5, 5.41) is 2.92. The minimum Gasteiger partial charge on any atom is -0.497 e. The van der Waals surface area contributed by atoms with E-state index < -0.39 is 6.61 Å². The molecule has 0 aromatic heterocycles. The summed E-state index contributed by atoms with van der Waals surface area (Å²) < 4.78 is 40.4. The van der Waals surface area contributed by atoms with Crippen LogP contribution in [0, 0.1) is 0 Å². The molecule has 0 heterocycles. The topological polar surface area (TPSA) is 78.1 Å². The highest BCUT2D eigenvalue weighted by atomic mass is 19.3. The minimum absolute atomic E-state index is 0.0367. The molecular weight excluding hydrogens is 344 g/mol. The molecule has 0 saturated heterocycles. The van der Waals surface area contributed by atoms with Gasteiger partial charge in [-0.1, -0.05) is 12.1 Å². The number of nitrogens with one attached hydrogen (secondary N) is 1. The first kappa shape index (κ1) is 19.3. The van der Waals surface area contributed by atoms with Crippen LogP contribution >= 0.6 is 0 Å². The van der Waals surface area contributed by atoms with Crippen molar-refractivity contribution >= 4 is 11.6 Å². The van der Waals surface area contributed by atoms with Crippen LogP contribution in [0.1, 0.15) is 12.5 Å². The fourth-order valence-electron chi connectivity index (χ4n) is 2.21. The van der Waals surface area contributed by atoms with E-state index in [9.17, 15) is 8.78 Å². The van der Waals surface area contributed by atoms with Crippen molar-refractivity contribution in [3.05, 3.63) is 48.0 Å². The number of benzene rings is 2. The monoisotopic (exact) mass is 365 g/mol. The Morgan fingerprint density at radius 2 is 1.92 bits per heavy atom. The zero-order valence-electron chi connectivity index (χ0n) is 14.5. The number of nitrogens with zero attached hydrogens (tertiary/aromatic N) is 1. The molecule has 2 rings (SSSR count). The number of para-hydroxylation sites is 1. The number of hydrogen-bond donors (Lipinski definition) is 2. The van der Waals surface area contributed by atoms with Crippen LogP contribution in [0.25, 0.3) is 0 Å². The Morgan fingerprint density at radius 3 is 2.54 bits per heavy atom. The van der Waals surface area contributed by atoms with Crippen LogP contribution in [-0.2, 0) is 6.54 Å². The lowest BCUT2D eigenvalue weighted by molar-refractivity contribution is -0.0520. The lowest BCUT2D eigenvalue weighted by atomic mass is 10.2. The fraction of sp³-hybridized carbons (Fsp3) is 0.278. The molecule has 0 atom stereocenters. The normalized spacial score (nSPS) is 11.3. The molecule has 0 saturated carbocycles. The number of anilines is 1. The van der Waals surface area contributed by atoms with Crippen molar-refractivity contribution in [3.8, 4) is 17.2 Å². The van der Waals surface area contributed by atoms with Crippen molar-refractivity contribution in [1.82, 2.24) is 0 Å². The second-order valence-corrected chi connectivity index (χ2v) is 5.11. The average Bonchev–Trinajstić information content (AvgIpc) is 2.62. The second-order valence-electron chi connectivity index (χ2n) is 5.11. The van der Waals surface area contributed by atoms with Crippen molar-refractivity contribution in [2.75, 3.05) is 19.0 Å². The lowest BCUT2D eigenvalue weighted by Crippen LogP contribution is -2.22. The zero-order chi connectivity index (χ0) is 18.9. The largest absolute Gasteiger partial charge is 0.497 e. The van der Waals surface area contributed by atoms with Crippen LogP contribution in [0.15, 0.2) is 47.5 Å². The first-order valence-corrected chi connectivity index (χ1v) is 7.94. The van der Waals surface area contributed by atoms with Gasteiger partial charge >= 0.3 is 6.61 Å².